The van der Waals surface area contributed by atoms with Crippen LogP contribution < -0.4 is 4.74 Å². The van der Waals surface area contributed by atoms with Crippen molar-refractivity contribution in [3.8, 4) is 5.75 Å². The second-order valence-electron chi connectivity index (χ2n) is 9.58. The van der Waals surface area contributed by atoms with Crippen molar-refractivity contribution in [3.05, 3.63) is 63.6 Å². The molecule has 0 aliphatic carbocycles. The first-order chi connectivity index (χ1) is 16.9. The largest absolute Gasteiger partial charge is 0.497 e. The van der Waals surface area contributed by atoms with E-state index in [-0.39, 0.29) is 5.91 Å². The molecule has 1 unspecified atom stereocenters. The van der Waals surface area contributed by atoms with Crippen LogP contribution in [0.4, 0.5) is 0 Å². The number of rotatable bonds is 9. The normalized spacial score (nSPS) is 17.3. The summed E-state index contributed by atoms with van der Waals surface area (Å²) in [6.07, 6.45) is 2.55. The van der Waals surface area contributed by atoms with Crippen LogP contribution in [0.1, 0.15) is 30.9 Å². The number of carbonyl (C=O) groups is 1. The van der Waals surface area contributed by atoms with E-state index >= 15 is 0 Å². The Morgan fingerprint density at radius 2 is 1.83 bits per heavy atom. The van der Waals surface area contributed by atoms with Crippen molar-refractivity contribution in [3.63, 3.8) is 0 Å². The van der Waals surface area contributed by atoms with Gasteiger partial charge in [0.05, 0.1) is 28.8 Å². The van der Waals surface area contributed by atoms with Gasteiger partial charge in [-0.25, -0.2) is 12.7 Å². The third-order valence-corrected chi connectivity index (χ3v) is 8.92. The summed E-state index contributed by atoms with van der Waals surface area (Å²) in [6, 6.07) is 13.0. The fraction of sp³-hybridized carbons (Fsp3) is 0.500. The maximum Gasteiger partial charge on any atom is 0.233 e. The van der Waals surface area contributed by atoms with Gasteiger partial charge in [-0.3, -0.25) is 4.79 Å². The minimum atomic E-state index is -3.22. The highest BCUT2D eigenvalue weighted by Crippen LogP contribution is 2.35. The van der Waals surface area contributed by atoms with Gasteiger partial charge < -0.3 is 14.5 Å². The third kappa shape index (κ3) is 7.13. The molecular formula is C26H35Cl2N3O4S. The van der Waals surface area contributed by atoms with Crippen LogP contribution in [0.15, 0.2) is 42.5 Å². The number of carbonyl (C=O) groups excluding carboxylic acids is 1. The number of amides is 1. The molecule has 1 fully saturated rings. The monoisotopic (exact) mass is 555 g/mol. The molecule has 2 aromatic rings. The molecule has 0 aromatic heterocycles. The summed E-state index contributed by atoms with van der Waals surface area (Å²) in [4.78, 5) is 17.9. The number of likely N-dealkylation sites (N-methyl/N-ethyl adjacent to an activating group) is 1. The number of hydrogen-bond donors (Lipinski definition) is 0. The average molecular weight is 557 g/mol. The SMILES string of the molecule is COc1cccc(CN(C)C(=O)C(C)(CCN2CCCN(S(C)(=O)=O)CC2)c2ccc(Cl)c(Cl)c2)c1. The van der Waals surface area contributed by atoms with Gasteiger partial charge in [-0.05, 0) is 68.2 Å². The molecule has 0 spiro atoms. The van der Waals surface area contributed by atoms with Gasteiger partial charge in [0.15, 0.2) is 0 Å². The van der Waals surface area contributed by atoms with E-state index in [1.807, 2.05) is 37.3 Å². The summed E-state index contributed by atoms with van der Waals surface area (Å²) in [7, 11) is 0.200. The Bertz CT molecular complexity index is 1180. The fourth-order valence-electron chi connectivity index (χ4n) is 4.64. The van der Waals surface area contributed by atoms with Crippen molar-refractivity contribution in [1.29, 1.82) is 0 Å². The molecule has 1 amide bonds. The summed E-state index contributed by atoms with van der Waals surface area (Å²) in [5.74, 6) is 0.709. The fourth-order valence-corrected chi connectivity index (χ4v) is 5.81. The number of methoxy groups -OCH3 is 1. The second kappa shape index (κ2) is 12.1. The first-order valence-corrected chi connectivity index (χ1v) is 14.6. The van der Waals surface area contributed by atoms with Gasteiger partial charge in [0.25, 0.3) is 0 Å². The van der Waals surface area contributed by atoms with Gasteiger partial charge in [-0.2, -0.15) is 0 Å². The molecule has 198 valence electrons. The predicted octanol–water partition coefficient (Wildman–Crippen LogP) is 4.28. The molecule has 10 heteroatoms. The number of halogens is 2. The molecular weight excluding hydrogens is 521 g/mol. The molecule has 1 heterocycles. The highest BCUT2D eigenvalue weighted by Gasteiger charge is 2.38. The lowest BCUT2D eigenvalue weighted by Crippen LogP contribution is -2.45. The van der Waals surface area contributed by atoms with E-state index < -0.39 is 15.4 Å². The maximum absolute atomic E-state index is 14.0. The standard InChI is InChI=1S/C26H35Cl2N3O4S/c1-26(21-9-10-23(27)24(28)18-21,11-14-30-12-6-13-31(16-15-30)36(4,33)34)25(32)29(2)19-20-7-5-8-22(17-20)35-3/h5,7-10,17-18H,6,11-16,19H2,1-4H3. The minimum Gasteiger partial charge on any atom is -0.497 e. The van der Waals surface area contributed by atoms with Crippen LogP contribution >= 0.6 is 23.2 Å². The highest BCUT2D eigenvalue weighted by atomic mass is 35.5. The van der Waals surface area contributed by atoms with Crippen LogP contribution in [-0.4, -0.2) is 81.6 Å². The van der Waals surface area contributed by atoms with Gasteiger partial charge >= 0.3 is 0 Å². The molecule has 1 aliphatic rings. The van der Waals surface area contributed by atoms with Crippen LogP contribution in [0.3, 0.4) is 0 Å². The van der Waals surface area contributed by atoms with Crippen LogP contribution in [0.5, 0.6) is 5.75 Å². The van der Waals surface area contributed by atoms with Crippen molar-refractivity contribution in [2.75, 3.05) is 53.1 Å². The van der Waals surface area contributed by atoms with Crippen molar-refractivity contribution in [1.82, 2.24) is 14.1 Å². The van der Waals surface area contributed by atoms with Gasteiger partial charge in [0.2, 0.25) is 15.9 Å². The van der Waals surface area contributed by atoms with E-state index in [1.54, 1.807) is 31.2 Å². The van der Waals surface area contributed by atoms with Crippen LogP contribution in [0.2, 0.25) is 10.0 Å². The zero-order chi connectivity index (χ0) is 26.5. The first kappa shape index (κ1) is 28.7. The van der Waals surface area contributed by atoms with Crippen LogP contribution in [0, 0.1) is 0 Å². The number of nitrogens with zero attached hydrogens (tertiary/aromatic N) is 3. The topological polar surface area (TPSA) is 70.2 Å². The maximum atomic E-state index is 14.0. The molecule has 1 atom stereocenters. The minimum absolute atomic E-state index is 0.0312. The van der Waals surface area contributed by atoms with E-state index in [0.717, 1.165) is 29.8 Å². The van der Waals surface area contributed by atoms with Gasteiger partial charge in [0, 0.05) is 33.2 Å². The zero-order valence-electron chi connectivity index (χ0n) is 21.3. The second-order valence-corrected chi connectivity index (χ2v) is 12.4. The summed E-state index contributed by atoms with van der Waals surface area (Å²) in [6.45, 7) is 5.38. The number of benzene rings is 2. The Balaban J connectivity index is 1.81. The Morgan fingerprint density at radius 1 is 1.08 bits per heavy atom. The highest BCUT2D eigenvalue weighted by molar-refractivity contribution is 7.88. The first-order valence-electron chi connectivity index (χ1n) is 12.0. The molecule has 3 rings (SSSR count). The lowest BCUT2D eigenvalue weighted by molar-refractivity contribution is -0.136. The van der Waals surface area contributed by atoms with Gasteiger partial charge in [-0.1, -0.05) is 41.4 Å². The van der Waals surface area contributed by atoms with Crippen molar-refractivity contribution >= 4 is 39.1 Å². The molecule has 36 heavy (non-hydrogen) atoms. The van der Waals surface area contributed by atoms with E-state index in [9.17, 15) is 13.2 Å². The van der Waals surface area contributed by atoms with Gasteiger partial charge in [-0.15, -0.1) is 0 Å². The number of ether oxygens (including phenoxy) is 1. The molecule has 0 bridgehead atoms. The summed E-state index contributed by atoms with van der Waals surface area (Å²) >= 11 is 12.5. The molecule has 7 nitrogen and oxygen atoms in total. The summed E-state index contributed by atoms with van der Waals surface area (Å²) in [5.41, 5.74) is 0.909. The third-order valence-electron chi connectivity index (χ3n) is 6.87. The summed E-state index contributed by atoms with van der Waals surface area (Å²) in [5, 5.41) is 0.843. The molecule has 1 saturated heterocycles. The van der Waals surface area contributed by atoms with E-state index in [0.29, 0.717) is 49.2 Å². The lowest BCUT2D eigenvalue weighted by Gasteiger charge is -2.35. The molecule has 0 radical (unpaired) electrons. The van der Waals surface area contributed by atoms with Crippen LogP contribution in [-0.2, 0) is 26.8 Å². The van der Waals surface area contributed by atoms with E-state index in [2.05, 4.69) is 4.90 Å². The molecule has 2 aromatic carbocycles. The molecule has 1 aliphatic heterocycles. The Labute approximate surface area is 225 Å². The molecule has 0 saturated carbocycles. The van der Waals surface area contributed by atoms with Crippen molar-refractivity contribution in [2.45, 2.75) is 31.7 Å². The smallest absolute Gasteiger partial charge is 0.233 e. The van der Waals surface area contributed by atoms with E-state index in [4.69, 9.17) is 27.9 Å². The Hall–Kier alpha value is -1.84. The zero-order valence-corrected chi connectivity index (χ0v) is 23.7. The summed E-state index contributed by atoms with van der Waals surface area (Å²) < 4.78 is 30.8. The van der Waals surface area contributed by atoms with Crippen molar-refractivity contribution in [2.24, 2.45) is 0 Å². The number of sulfonamides is 1. The Kier molecular flexibility index (Phi) is 9.68. The van der Waals surface area contributed by atoms with E-state index in [1.165, 1.54) is 10.6 Å². The number of hydrogen-bond acceptors (Lipinski definition) is 5. The van der Waals surface area contributed by atoms with Crippen molar-refractivity contribution < 1.29 is 17.9 Å². The lowest BCUT2D eigenvalue weighted by atomic mass is 9.77. The van der Waals surface area contributed by atoms with Gasteiger partial charge in [0.1, 0.15) is 5.75 Å². The van der Waals surface area contributed by atoms with Crippen LogP contribution in [0.25, 0.3) is 0 Å². The molecule has 0 N–H and O–H groups in total. The quantitative estimate of drug-likeness (QED) is 0.462. The average Bonchev–Trinajstić information content (AvgIpc) is 3.10. The Morgan fingerprint density at radius 3 is 2.50 bits per heavy atom. The predicted molar refractivity (Wildman–Crippen MR) is 145 cm³/mol.